The quantitative estimate of drug-likeness (QED) is 0.836. The highest BCUT2D eigenvalue weighted by atomic mass is 16.7. The van der Waals surface area contributed by atoms with Gasteiger partial charge in [-0.1, -0.05) is 6.08 Å². The molecule has 1 fully saturated rings. The maximum absolute atomic E-state index is 6.02. The van der Waals surface area contributed by atoms with Gasteiger partial charge in [0.2, 0.25) is 0 Å². The van der Waals surface area contributed by atoms with Crippen LogP contribution in [0.1, 0.15) is 40.2 Å². The molecular formula is C15H24BN3O3. The third-order valence-corrected chi connectivity index (χ3v) is 4.07. The Bertz CT molecular complexity index is 527. The van der Waals surface area contributed by atoms with Gasteiger partial charge in [0.25, 0.3) is 0 Å². The summed E-state index contributed by atoms with van der Waals surface area (Å²) in [5, 5.41) is 0. The Morgan fingerprint density at radius 3 is 2.23 bits per heavy atom. The zero-order chi connectivity index (χ0) is 16.4. The number of hydrogen-bond acceptors (Lipinski definition) is 6. The molecule has 120 valence electrons. The normalized spacial score (nSPS) is 20.3. The van der Waals surface area contributed by atoms with Crippen molar-refractivity contribution in [3.05, 3.63) is 23.4 Å². The molecule has 22 heavy (non-hydrogen) atoms. The van der Waals surface area contributed by atoms with Crippen molar-refractivity contribution >= 4 is 13.2 Å². The lowest BCUT2D eigenvalue weighted by Gasteiger charge is -2.32. The second-order valence-electron chi connectivity index (χ2n) is 6.24. The molecule has 2 N–H and O–H groups in total. The third kappa shape index (κ3) is 3.48. The lowest BCUT2D eigenvalue weighted by atomic mass is 9.77. The van der Waals surface area contributed by atoms with Gasteiger partial charge < -0.3 is 19.8 Å². The Hall–Kier alpha value is -1.44. The van der Waals surface area contributed by atoms with E-state index >= 15 is 0 Å². The average molecular weight is 305 g/mol. The van der Waals surface area contributed by atoms with E-state index in [1.54, 1.807) is 12.4 Å². The molecule has 0 amide bonds. The van der Waals surface area contributed by atoms with E-state index in [0.717, 1.165) is 11.0 Å². The average Bonchev–Trinajstić information content (AvgIpc) is 2.67. The van der Waals surface area contributed by atoms with Crippen molar-refractivity contribution in [2.45, 2.75) is 45.8 Å². The summed E-state index contributed by atoms with van der Waals surface area (Å²) in [5.74, 6) is 0. The lowest BCUT2D eigenvalue weighted by molar-refractivity contribution is 0.00578. The summed E-state index contributed by atoms with van der Waals surface area (Å²) in [5.41, 5.74) is 6.77. The molecule has 0 saturated carbocycles. The van der Waals surface area contributed by atoms with Crippen molar-refractivity contribution in [1.29, 1.82) is 0 Å². The van der Waals surface area contributed by atoms with Gasteiger partial charge in [-0.05, 0) is 40.1 Å². The van der Waals surface area contributed by atoms with Gasteiger partial charge in [0.05, 0.1) is 17.8 Å². The van der Waals surface area contributed by atoms with Gasteiger partial charge in [-0.2, -0.15) is 0 Å². The van der Waals surface area contributed by atoms with Crippen molar-refractivity contribution in [2.24, 2.45) is 5.73 Å². The van der Waals surface area contributed by atoms with Crippen LogP contribution in [0.4, 0.5) is 0 Å². The molecule has 7 heteroatoms. The Balaban J connectivity index is 2.18. The Kier molecular flexibility index (Phi) is 4.89. The predicted octanol–water partition coefficient (Wildman–Crippen LogP) is 1.85. The number of ether oxygens (including phenoxy) is 1. The molecular weight excluding hydrogens is 281 g/mol. The third-order valence-electron chi connectivity index (χ3n) is 4.07. The molecule has 1 aliphatic heterocycles. The first kappa shape index (κ1) is 16.9. The van der Waals surface area contributed by atoms with Crippen LogP contribution in [0.5, 0.6) is 6.01 Å². The van der Waals surface area contributed by atoms with E-state index in [1.165, 1.54) is 0 Å². The van der Waals surface area contributed by atoms with Crippen LogP contribution in [0.15, 0.2) is 17.9 Å². The summed E-state index contributed by atoms with van der Waals surface area (Å²) in [4.78, 5) is 8.28. The van der Waals surface area contributed by atoms with Crippen LogP contribution >= 0.6 is 0 Å². The standard InChI is InChI=1S/C15H24BN3O3/c1-6-20-13-18-9-11(10-19-13)7-12(8-17)16-21-14(2,3)15(4,5)22-16/h7,9-10H,6,8,17H2,1-5H3. The van der Waals surface area contributed by atoms with E-state index in [0.29, 0.717) is 19.2 Å². The second kappa shape index (κ2) is 6.36. The van der Waals surface area contributed by atoms with Gasteiger partial charge >= 0.3 is 13.1 Å². The molecule has 1 aromatic heterocycles. The Morgan fingerprint density at radius 1 is 1.23 bits per heavy atom. The molecule has 1 saturated heterocycles. The first-order chi connectivity index (χ1) is 10.3. The topological polar surface area (TPSA) is 79.5 Å². The summed E-state index contributed by atoms with van der Waals surface area (Å²) in [7, 11) is -0.457. The van der Waals surface area contributed by atoms with Gasteiger partial charge in [0, 0.05) is 24.5 Å². The highest BCUT2D eigenvalue weighted by Gasteiger charge is 2.52. The van der Waals surface area contributed by atoms with E-state index in [9.17, 15) is 0 Å². The van der Waals surface area contributed by atoms with Crippen LogP contribution in [-0.2, 0) is 9.31 Å². The summed E-state index contributed by atoms with van der Waals surface area (Å²) >= 11 is 0. The number of rotatable bonds is 5. The monoisotopic (exact) mass is 305 g/mol. The number of hydrogen-bond donors (Lipinski definition) is 1. The van der Waals surface area contributed by atoms with Crippen molar-refractivity contribution in [1.82, 2.24) is 9.97 Å². The van der Waals surface area contributed by atoms with Crippen LogP contribution in [0, 0.1) is 0 Å². The highest BCUT2D eigenvalue weighted by Crippen LogP contribution is 2.38. The fourth-order valence-corrected chi connectivity index (χ4v) is 2.04. The second-order valence-corrected chi connectivity index (χ2v) is 6.24. The summed E-state index contributed by atoms with van der Waals surface area (Å²) in [6.07, 6.45) is 5.29. The zero-order valence-corrected chi connectivity index (χ0v) is 13.9. The largest absolute Gasteiger partial charge is 0.491 e. The van der Waals surface area contributed by atoms with Crippen LogP contribution in [0.25, 0.3) is 6.08 Å². The fourth-order valence-electron chi connectivity index (χ4n) is 2.04. The highest BCUT2D eigenvalue weighted by molar-refractivity contribution is 6.55. The van der Waals surface area contributed by atoms with Crippen molar-refractivity contribution in [3.8, 4) is 6.01 Å². The SMILES string of the molecule is CCOc1ncc(C=C(CN)B2OC(C)(C)C(C)(C)O2)cn1. The molecule has 0 unspecified atom stereocenters. The molecule has 0 aromatic carbocycles. The molecule has 1 aromatic rings. The maximum Gasteiger partial charge on any atom is 0.491 e. The zero-order valence-electron chi connectivity index (χ0n) is 13.9. The molecule has 0 aliphatic carbocycles. The number of nitrogens with zero attached hydrogens (tertiary/aromatic N) is 2. The van der Waals surface area contributed by atoms with Gasteiger partial charge in [-0.25, -0.2) is 9.97 Å². The fraction of sp³-hybridized carbons (Fsp3) is 0.600. The molecule has 6 nitrogen and oxygen atoms in total. The smallest absolute Gasteiger partial charge is 0.464 e. The van der Waals surface area contributed by atoms with Crippen molar-refractivity contribution in [2.75, 3.05) is 13.2 Å². The maximum atomic E-state index is 6.02. The van der Waals surface area contributed by atoms with Crippen molar-refractivity contribution < 1.29 is 14.0 Å². The van der Waals surface area contributed by atoms with Gasteiger partial charge in [0.15, 0.2) is 0 Å². The van der Waals surface area contributed by atoms with Gasteiger partial charge in [-0.3, -0.25) is 0 Å². The van der Waals surface area contributed by atoms with Crippen molar-refractivity contribution in [3.63, 3.8) is 0 Å². The molecule has 0 atom stereocenters. The minimum absolute atomic E-state index is 0.337. The molecule has 0 spiro atoms. The molecule has 0 bridgehead atoms. The van der Waals surface area contributed by atoms with E-state index in [-0.39, 0.29) is 11.2 Å². The molecule has 0 radical (unpaired) electrons. The number of nitrogens with two attached hydrogens (primary N) is 1. The first-order valence-corrected chi connectivity index (χ1v) is 7.50. The minimum Gasteiger partial charge on any atom is -0.464 e. The van der Waals surface area contributed by atoms with E-state index < -0.39 is 7.12 Å². The van der Waals surface area contributed by atoms with Crippen LogP contribution in [0.2, 0.25) is 0 Å². The summed E-state index contributed by atoms with van der Waals surface area (Å²) in [6.45, 7) is 10.8. The minimum atomic E-state index is -0.457. The van der Waals surface area contributed by atoms with Gasteiger partial charge in [0.1, 0.15) is 0 Å². The van der Waals surface area contributed by atoms with Crippen LogP contribution < -0.4 is 10.5 Å². The molecule has 2 heterocycles. The van der Waals surface area contributed by atoms with E-state index in [1.807, 2.05) is 40.7 Å². The number of aromatic nitrogens is 2. The van der Waals surface area contributed by atoms with E-state index in [2.05, 4.69) is 9.97 Å². The molecule has 1 aliphatic rings. The first-order valence-electron chi connectivity index (χ1n) is 7.50. The van der Waals surface area contributed by atoms with Crippen LogP contribution in [0.3, 0.4) is 0 Å². The summed E-state index contributed by atoms with van der Waals surface area (Å²) in [6, 6.07) is 0.365. The molecule has 2 rings (SSSR count). The van der Waals surface area contributed by atoms with Gasteiger partial charge in [-0.15, -0.1) is 0 Å². The van der Waals surface area contributed by atoms with E-state index in [4.69, 9.17) is 19.8 Å². The Morgan fingerprint density at radius 2 is 1.77 bits per heavy atom. The Labute approximate surface area is 132 Å². The van der Waals surface area contributed by atoms with Crippen LogP contribution in [-0.4, -0.2) is 41.4 Å². The lowest BCUT2D eigenvalue weighted by Crippen LogP contribution is -2.41. The summed E-state index contributed by atoms with van der Waals surface area (Å²) < 4.78 is 17.3. The predicted molar refractivity (Wildman–Crippen MR) is 86.3 cm³/mol.